The van der Waals surface area contributed by atoms with Gasteiger partial charge in [0.25, 0.3) is 0 Å². The maximum absolute atomic E-state index is 3.56. The molecule has 1 fully saturated rings. The van der Waals surface area contributed by atoms with Gasteiger partial charge in [-0.25, -0.2) is 0 Å². The van der Waals surface area contributed by atoms with Crippen molar-refractivity contribution in [3.8, 4) is 0 Å². The molecule has 118 valence electrons. The fraction of sp³-hybridized carbons (Fsp3) is 0.684. The zero-order chi connectivity index (χ0) is 14.8. The quantitative estimate of drug-likeness (QED) is 0.694. The number of nitrogens with zero attached hydrogens (tertiary/aromatic N) is 1. The van der Waals surface area contributed by atoms with Crippen molar-refractivity contribution in [1.29, 1.82) is 0 Å². The van der Waals surface area contributed by atoms with Crippen molar-refractivity contribution in [2.45, 2.75) is 57.9 Å². The summed E-state index contributed by atoms with van der Waals surface area (Å²) in [4.78, 5) is 2.71. The summed E-state index contributed by atoms with van der Waals surface area (Å²) in [5.41, 5.74) is 1.47. The SMILES string of the molecule is CCCCCCCCN1CCNCC1Cc1ccccc1. The van der Waals surface area contributed by atoms with E-state index in [2.05, 4.69) is 47.5 Å². The highest BCUT2D eigenvalue weighted by atomic mass is 15.2. The molecule has 0 radical (unpaired) electrons. The summed E-state index contributed by atoms with van der Waals surface area (Å²) in [5, 5.41) is 3.56. The number of rotatable bonds is 9. The van der Waals surface area contributed by atoms with Crippen LogP contribution >= 0.6 is 0 Å². The average molecular weight is 288 g/mol. The van der Waals surface area contributed by atoms with Gasteiger partial charge in [-0.05, 0) is 24.9 Å². The second-order valence-corrected chi connectivity index (χ2v) is 6.35. The van der Waals surface area contributed by atoms with E-state index in [-0.39, 0.29) is 0 Å². The van der Waals surface area contributed by atoms with E-state index in [0.717, 1.165) is 13.1 Å². The van der Waals surface area contributed by atoms with E-state index in [9.17, 15) is 0 Å². The van der Waals surface area contributed by atoms with Crippen molar-refractivity contribution in [3.63, 3.8) is 0 Å². The van der Waals surface area contributed by atoms with E-state index < -0.39 is 0 Å². The molecule has 0 amide bonds. The maximum atomic E-state index is 3.56. The Morgan fingerprint density at radius 2 is 1.81 bits per heavy atom. The molecule has 2 nitrogen and oxygen atoms in total. The van der Waals surface area contributed by atoms with Gasteiger partial charge < -0.3 is 5.32 Å². The first-order chi connectivity index (χ1) is 10.4. The van der Waals surface area contributed by atoms with Crippen molar-refractivity contribution in [1.82, 2.24) is 10.2 Å². The van der Waals surface area contributed by atoms with Crippen LogP contribution in [0.3, 0.4) is 0 Å². The summed E-state index contributed by atoms with van der Waals surface area (Å²) in [6.45, 7) is 7.08. The molecule has 2 heteroatoms. The highest BCUT2D eigenvalue weighted by Crippen LogP contribution is 2.13. The molecule has 1 heterocycles. The molecule has 2 rings (SSSR count). The topological polar surface area (TPSA) is 15.3 Å². The molecule has 1 atom stereocenters. The molecule has 0 aromatic heterocycles. The largest absolute Gasteiger partial charge is 0.314 e. The Morgan fingerprint density at radius 3 is 2.62 bits per heavy atom. The van der Waals surface area contributed by atoms with Gasteiger partial charge >= 0.3 is 0 Å². The zero-order valence-electron chi connectivity index (χ0n) is 13.7. The van der Waals surface area contributed by atoms with Crippen LogP contribution in [-0.2, 0) is 6.42 Å². The standard InChI is InChI=1S/C19H32N2/c1-2-3-4-5-6-10-14-21-15-13-20-17-19(21)16-18-11-8-7-9-12-18/h7-9,11-12,19-20H,2-6,10,13-17H2,1H3. The van der Waals surface area contributed by atoms with E-state index in [1.54, 1.807) is 0 Å². The normalized spacial score (nSPS) is 19.8. The van der Waals surface area contributed by atoms with Crippen molar-refractivity contribution in [2.24, 2.45) is 0 Å². The minimum atomic E-state index is 0.678. The molecular weight excluding hydrogens is 256 g/mol. The van der Waals surface area contributed by atoms with Gasteiger partial charge in [-0.1, -0.05) is 69.4 Å². The number of nitrogens with one attached hydrogen (secondary N) is 1. The van der Waals surface area contributed by atoms with Crippen molar-refractivity contribution >= 4 is 0 Å². The van der Waals surface area contributed by atoms with E-state index >= 15 is 0 Å². The first kappa shape index (κ1) is 16.5. The Hall–Kier alpha value is -0.860. The number of hydrogen-bond donors (Lipinski definition) is 1. The predicted octanol–water partition coefficient (Wildman–Crippen LogP) is 3.86. The van der Waals surface area contributed by atoms with Crippen LogP contribution in [0.5, 0.6) is 0 Å². The molecule has 1 aromatic carbocycles. The van der Waals surface area contributed by atoms with Crippen LogP contribution in [0.2, 0.25) is 0 Å². The van der Waals surface area contributed by atoms with Crippen LogP contribution < -0.4 is 5.32 Å². The monoisotopic (exact) mass is 288 g/mol. The summed E-state index contributed by atoms with van der Waals surface area (Å²) in [6, 6.07) is 11.6. The molecule has 1 unspecified atom stereocenters. The second kappa shape index (κ2) is 9.97. The number of piperazine rings is 1. The van der Waals surface area contributed by atoms with Gasteiger partial charge in [0.15, 0.2) is 0 Å². The Morgan fingerprint density at radius 1 is 1.05 bits per heavy atom. The van der Waals surface area contributed by atoms with Crippen molar-refractivity contribution < 1.29 is 0 Å². The summed E-state index contributed by atoms with van der Waals surface area (Å²) in [7, 11) is 0. The molecular formula is C19H32N2. The molecule has 1 aliphatic heterocycles. The van der Waals surface area contributed by atoms with E-state index in [1.165, 1.54) is 63.6 Å². The molecule has 1 aromatic rings. The third-order valence-corrected chi connectivity index (χ3v) is 4.59. The fourth-order valence-corrected chi connectivity index (χ4v) is 3.28. The smallest absolute Gasteiger partial charge is 0.0261 e. The fourth-order valence-electron chi connectivity index (χ4n) is 3.28. The predicted molar refractivity (Wildman–Crippen MR) is 91.8 cm³/mol. The van der Waals surface area contributed by atoms with Crippen molar-refractivity contribution in [3.05, 3.63) is 35.9 Å². The highest BCUT2D eigenvalue weighted by molar-refractivity contribution is 5.16. The molecule has 1 N–H and O–H groups in total. The van der Waals surface area contributed by atoms with E-state index in [1.807, 2.05) is 0 Å². The van der Waals surface area contributed by atoms with Gasteiger partial charge in [-0.3, -0.25) is 4.90 Å². The zero-order valence-corrected chi connectivity index (χ0v) is 13.7. The summed E-state index contributed by atoms with van der Waals surface area (Å²) < 4.78 is 0. The van der Waals surface area contributed by atoms with E-state index in [4.69, 9.17) is 0 Å². The van der Waals surface area contributed by atoms with Gasteiger partial charge in [-0.15, -0.1) is 0 Å². The van der Waals surface area contributed by atoms with Gasteiger partial charge in [0, 0.05) is 25.7 Å². The minimum absolute atomic E-state index is 0.678. The van der Waals surface area contributed by atoms with Crippen LogP contribution in [0.25, 0.3) is 0 Å². The molecule has 0 spiro atoms. The van der Waals surface area contributed by atoms with Crippen LogP contribution in [0, 0.1) is 0 Å². The van der Waals surface area contributed by atoms with Gasteiger partial charge in [0.05, 0.1) is 0 Å². The van der Waals surface area contributed by atoms with Crippen LogP contribution in [-0.4, -0.2) is 37.1 Å². The summed E-state index contributed by atoms with van der Waals surface area (Å²) in [5.74, 6) is 0. The van der Waals surface area contributed by atoms with E-state index in [0.29, 0.717) is 6.04 Å². The Balaban J connectivity index is 1.71. The van der Waals surface area contributed by atoms with Gasteiger partial charge in [-0.2, -0.15) is 0 Å². The van der Waals surface area contributed by atoms with Crippen molar-refractivity contribution in [2.75, 3.05) is 26.2 Å². The van der Waals surface area contributed by atoms with Gasteiger partial charge in [0.1, 0.15) is 0 Å². The third kappa shape index (κ3) is 6.19. The molecule has 0 bridgehead atoms. The summed E-state index contributed by atoms with van der Waals surface area (Å²) >= 11 is 0. The lowest BCUT2D eigenvalue weighted by atomic mass is 10.0. The second-order valence-electron chi connectivity index (χ2n) is 6.35. The minimum Gasteiger partial charge on any atom is -0.314 e. The Bertz CT molecular complexity index is 363. The lowest BCUT2D eigenvalue weighted by Gasteiger charge is -2.36. The van der Waals surface area contributed by atoms with Gasteiger partial charge in [0.2, 0.25) is 0 Å². The Labute approximate surface area is 130 Å². The molecule has 1 aliphatic rings. The number of unbranched alkanes of at least 4 members (excludes halogenated alkanes) is 5. The Kier molecular flexibility index (Phi) is 7.83. The lowest BCUT2D eigenvalue weighted by Crippen LogP contribution is -2.52. The van der Waals surface area contributed by atoms with Crippen LogP contribution in [0.4, 0.5) is 0 Å². The average Bonchev–Trinajstić information content (AvgIpc) is 2.53. The number of hydrogen-bond acceptors (Lipinski definition) is 2. The lowest BCUT2D eigenvalue weighted by molar-refractivity contribution is 0.157. The molecule has 0 aliphatic carbocycles. The molecule has 21 heavy (non-hydrogen) atoms. The maximum Gasteiger partial charge on any atom is 0.0261 e. The third-order valence-electron chi connectivity index (χ3n) is 4.59. The molecule has 0 saturated carbocycles. The first-order valence-electron chi connectivity index (χ1n) is 8.89. The van der Waals surface area contributed by atoms with Crippen LogP contribution in [0.15, 0.2) is 30.3 Å². The summed E-state index contributed by atoms with van der Waals surface area (Å²) in [6.07, 6.45) is 9.55. The molecule has 1 saturated heterocycles. The number of benzene rings is 1. The highest BCUT2D eigenvalue weighted by Gasteiger charge is 2.21. The first-order valence-corrected chi connectivity index (χ1v) is 8.89. The van der Waals surface area contributed by atoms with Crippen LogP contribution in [0.1, 0.15) is 51.0 Å².